The van der Waals surface area contributed by atoms with Gasteiger partial charge in [-0.3, -0.25) is 4.79 Å². The lowest BCUT2D eigenvalue weighted by Crippen LogP contribution is -2.66. The summed E-state index contributed by atoms with van der Waals surface area (Å²) in [6.07, 6.45) is 11.5. The Morgan fingerprint density at radius 1 is 0.931 bits per heavy atom. The van der Waals surface area contributed by atoms with Crippen LogP contribution in [-0.4, -0.2) is 27.7 Å². The molecule has 29 heavy (non-hydrogen) atoms. The van der Waals surface area contributed by atoms with Crippen LogP contribution in [0.3, 0.4) is 0 Å². The molecule has 0 heterocycles. The highest BCUT2D eigenvalue weighted by Crippen LogP contribution is 2.75. The molecule has 3 heteroatoms. The second kappa shape index (κ2) is 6.31. The van der Waals surface area contributed by atoms with Crippen molar-refractivity contribution < 1.29 is 15.0 Å². The molecule has 0 aromatic carbocycles. The van der Waals surface area contributed by atoms with Gasteiger partial charge in [-0.25, -0.2) is 0 Å². The van der Waals surface area contributed by atoms with Gasteiger partial charge < -0.3 is 10.2 Å². The first-order chi connectivity index (χ1) is 13.6. The summed E-state index contributed by atoms with van der Waals surface area (Å²) in [6.45, 7) is 8.96. The van der Waals surface area contributed by atoms with Crippen molar-refractivity contribution in [1.82, 2.24) is 0 Å². The van der Waals surface area contributed by atoms with Gasteiger partial charge >= 0.3 is 0 Å². The van der Waals surface area contributed by atoms with Crippen molar-refractivity contribution in [3.63, 3.8) is 0 Å². The molecule has 0 amide bonds. The van der Waals surface area contributed by atoms with E-state index in [1.54, 1.807) is 0 Å². The number of hydrogen-bond donors (Lipinski definition) is 2. The second-order valence-electron chi connectivity index (χ2n) is 12.4. The van der Waals surface area contributed by atoms with Crippen molar-refractivity contribution in [3.8, 4) is 0 Å². The van der Waals surface area contributed by atoms with Crippen LogP contribution < -0.4 is 0 Å². The number of rotatable bonds is 1. The molecule has 3 nitrogen and oxygen atoms in total. The predicted octanol–water partition coefficient (Wildman–Crippen LogP) is 5.13. The largest absolute Gasteiger partial charge is 0.393 e. The molecule has 0 radical (unpaired) electrons. The smallest absolute Gasteiger partial charge is 0.136 e. The van der Waals surface area contributed by atoms with E-state index >= 15 is 0 Å². The Kier molecular flexibility index (Phi) is 4.46. The third-order valence-corrected chi connectivity index (χ3v) is 11.9. The first-order valence-corrected chi connectivity index (χ1v) is 12.5. The maximum absolute atomic E-state index is 13.2. The molecule has 0 spiro atoms. The summed E-state index contributed by atoms with van der Waals surface area (Å²) in [6, 6.07) is 0. The SMILES string of the molecule is CC(=O)[C@@]12CCCC[C@H]1C[C@H]1[C@@H]3C[C@H](C)[C@@]4(O)C[C@@H](O)CC[C@]4(C)[C@H]3CC[C@@]12C. The molecule has 0 aromatic rings. The van der Waals surface area contributed by atoms with Crippen LogP contribution >= 0.6 is 0 Å². The molecule has 0 aliphatic heterocycles. The summed E-state index contributed by atoms with van der Waals surface area (Å²) in [5, 5.41) is 22.2. The standard InChI is InChI=1S/C26H42O3/c1-16-13-20-21(24(4)11-8-19(28)15-26(16,24)29)9-12-23(3)22(20)14-18-7-5-6-10-25(18,23)17(2)27/h16,18-22,28-29H,5-15H2,1-4H3/t16-,18-,19-,20+,21-,22-,23-,24+,25-,26-/m0/s1. The zero-order chi connectivity index (χ0) is 20.8. The molecule has 5 aliphatic rings. The summed E-state index contributed by atoms with van der Waals surface area (Å²) < 4.78 is 0. The third-order valence-electron chi connectivity index (χ3n) is 11.9. The molecule has 164 valence electrons. The van der Waals surface area contributed by atoms with Gasteiger partial charge in [0.25, 0.3) is 0 Å². The van der Waals surface area contributed by atoms with Crippen LogP contribution in [0.15, 0.2) is 0 Å². The fourth-order valence-corrected chi connectivity index (χ4v) is 10.5. The minimum absolute atomic E-state index is 0.0818. The van der Waals surface area contributed by atoms with Crippen molar-refractivity contribution in [2.24, 2.45) is 45.8 Å². The first kappa shape index (κ1) is 20.5. The minimum atomic E-state index is -0.733. The van der Waals surface area contributed by atoms with Crippen LogP contribution in [-0.2, 0) is 4.79 Å². The monoisotopic (exact) mass is 402 g/mol. The van der Waals surface area contributed by atoms with Crippen LogP contribution in [0.4, 0.5) is 0 Å². The average Bonchev–Trinajstić information content (AvgIpc) is 2.95. The van der Waals surface area contributed by atoms with Crippen molar-refractivity contribution in [3.05, 3.63) is 0 Å². The fraction of sp³-hybridized carbons (Fsp3) is 0.962. The predicted molar refractivity (Wildman–Crippen MR) is 114 cm³/mol. The first-order valence-electron chi connectivity index (χ1n) is 12.5. The summed E-state index contributed by atoms with van der Waals surface area (Å²) in [5.41, 5.74) is -0.761. The lowest BCUT2D eigenvalue weighted by molar-refractivity contribution is -0.246. The van der Waals surface area contributed by atoms with Gasteiger partial charge in [0.1, 0.15) is 5.78 Å². The van der Waals surface area contributed by atoms with E-state index in [4.69, 9.17) is 0 Å². The van der Waals surface area contributed by atoms with Gasteiger partial charge in [-0.15, -0.1) is 0 Å². The van der Waals surface area contributed by atoms with Crippen LogP contribution in [0.5, 0.6) is 0 Å². The van der Waals surface area contributed by atoms with Gasteiger partial charge in [-0.05, 0) is 98.7 Å². The maximum Gasteiger partial charge on any atom is 0.136 e. The molecule has 5 aliphatic carbocycles. The van der Waals surface area contributed by atoms with Gasteiger partial charge in [0.2, 0.25) is 0 Å². The molecule has 2 N–H and O–H groups in total. The molecule has 5 saturated carbocycles. The molecule has 5 fully saturated rings. The van der Waals surface area contributed by atoms with Gasteiger partial charge in [-0.2, -0.15) is 0 Å². The Labute approximate surface area is 177 Å². The Balaban J connectivity index is 1.55. The van der Waals surface area contributed by atoms with E-state index in [9.17, 15) is 15.0 Å². The van der Waals surface area contributed by atoms with E-state index in [-0.39, 0.29) is 28.3 Å². The molecule has 0 unspecified atom stereocenters. The summed E-state index contributed by atoms with van der Waals surface area (Å²) in [4.78, 5) is 13.2. The van der Waals surface area contributed by atoms with E-state index in [1.807, 2.05) is 6.92 Å². The minimum Gasteiger partial charge on any atom is -0.393 e. The quantitative estimate of drug-likeness (QED) is 0.639. The van der Waals surface area contributed by atoms with Gasteiger partial charge in [0, 0.05) is 11.8 Å². The lowest BCUT2D eigenvalue weighted by Gasteiger charge is -2.66. The van der Waals surface area contributed by atoms with Crippen molar-refractivity contribution in [1.29, 1.82) is 0 Å². The number of carbonyl (C=O) groups excluding carboxylic acids is 1. The molecular weight excluding hydrogens is 360 g/mol. The van der Waals surface area contributed by atoms with Crippen molar-refractivity contribution in [2.75, 3.05) is 0 Å². The average molecular weight is 403 g/mol. The molecule has 0 saturated heterocycles. The topological polar surface area (TPSA) is 57.5 Å². The molecule has 0 bridgehead atoms. The van der Waals surface area contributed by atoms with E-state index in [1.165, 1.54) is 25.7 Å². The van der Waals surface area contributed by atoms with Crippen molar-refractivity contribution in [2.45, 2.75) is 110 Å². The number of ketones is 1. The summed E-state index contributed by atoms with van der Waals surface area (Å²) in [5.74, 6) is 3.08. The van der Waals surface area contributed by atoms with Gasteiger partial charge in [0.05, 0.1) is 11.7 Å². The number of hydrogen-bond acceptors (Lipinski definition) is 3. The number of Topliss-reactive ketones (excluding diaryl/α,β-unsaturated/α-hetero) is 1. The summed E-state index contributed by atoms with van der Waals surface area (Å²) >= 11 is 0. The van der Waals surface area contributed by atoms with Crippen LogP contribution in [0.2, 0.25) is 0 Å². The Morgan fingerprint density at radius 2 is 1.66 bits per heavy atom. The highest BCUT2D eigenvalue weighted by atomic mass is 16.3. The van der Waals surface area contributed by atoms with E-state index < -0.39 is 5.60 Å². The van der Waals surface area contributed by atoms with E-state index in [2.05, 4.69) is 20.8 Å². The van der Waals surface area contributed by atoms with Crippen molar-refractivity contribution >= 4 is 5.78 Å². The molecule has 0 aromatic heterocycles. The highest BCUT2D eigenvalue weighted by molar-refractivity contribution is 5.84. The number of aliphatic hydroxyl groups excluding tert-OH is 1. The van der Waals surface area contributed by atoms with E-state index in [0.717, 1.165) is 38.5 Å². The van der Waals surface area contributed by atoms with Crippen LogP contribution in [0.25, 0.3) is 0 Å². The zero-order valence-electron chi connectivity index (χ0n) is 19.0. The van der Waals surface area contributed by atoms with Gasteiger partial charge in [0.15, 0.2) is 0 Å². The summed E-state index contributed by atoms with van der Waals surface area (Å²) in [7, 11) is 0. The molecule has 10 atom stereocenters. The number of carbonyl (C=O) groups is 1. The maximum atomic E-state index is 13.2. The second-order valence-corrected chi connectivity index (χ2v) is 12.4. The zero-order valence-corrected chi connectivity index (χ0v) is 19.0. The van der Waals surface area contributed by atoms with Crippen LogP contribution in [0, 0.1) is 45.8 Å². The normalized spacial score (nSPS) is 59.2. The highest BCUT2D eigenvalue weighted by Gasteiger charge is 2.71. The molecular formula is C26H42O3. The fourth-order valence-electron chi connectivity index (χ4n) is 10.5. The number of aliphatic hydroxyl groups is 2. The third kappa shape index (κ3) is 2.30. The number of fused-ring (bicyclic) bond motifs is 7. The Bertz CT molecular complexity index is 704. The van der Waals surface area contributed by atoms with Gasteiger partial charge in [-0.1, -0.05) is 33.6 Å². The Morgan fingerprint density at radius 3 is 2.38 bits per heavy atom. The van der Waals surface area contributed by atoms with Crippen LogP contribution in [0.1, 0.15) is 98.3 Å². The lowest BCUT2D eigenvalue weighted by atomic mass is 9.40. The molecule has 5 rings (SSSR count). The van der Waals surface area contributed by atoms with E-state index in [0.29, 0.717) is 35.9 Å². The Hall–Kier alpha value is -0.410.